The summed E-state index contributed by atoms with van der Waals surface area (Å²) in [6.45, 7) is 4.41. The molecule has 2 atom stereocenters. The molecule has 0 aromatic heterocycles. The van der Waals surface area contributed by atoms with Crippen LogP contribution >= 0.6 is 0 Å². The Kier molecular flexibility index (Phi) is 5.53. The van der Waals surface area contributed by atoms with Gasteiger partial charge in [-0.2, -0.15) is 0 Å². The highest BCUT2D eigenvalue weighted by atomic mass is 16.5. The molecule has 92 valence electrons. The Morgan fingerprint density at radius 3 is 2.50 bits per heavy atom. The van der Waals surface area contributed by atoms with Crippen LogP contribution in [0.3, 0.4) is 0 Å². The summed E-state index contributed by atoms with van der Waals surface area (Å²) < 4.78 is 5.20. The molecule has 16 heavy (non-hydrogen) atoms. The van der Waals surface area contributed by atoms with Gasteiger partial charge in [-0.05, 0) is 38.5 Å². The van der Waals surface area contributed by atoms with E-state index in [9.17, 15) is 9.90 Å². The molecule has 1 aliphatic carbocycles. The van der Waals surface area contributed by atoms with E-state index in [4.69, 9.17) is 4.74 Å². The van der Waals surface area contributed by atoms with Crippen molar-refractivity contribution < 1.29 is 14.6 Å². The Morgan fingerprint density at radius 1 is 1.31 bits per heavy atom. The predicted octanol–water partition coefficient (Wildman–Crippen LogP) is 2.29. The van der Waals surface area contributed by atoms with Crippen LogP contribution in [0.2, 0.25) is 0 Å². The van der Waals surface area contributed by atoms with Crippen molar-refractivity contribution in [2.75, 3.05) is 13.2 Å². The Labute approximate surface area is 97.5 Å². The lowest BCUT2D eigenvalue weighted by atomic mass is 9.80. The van der Waals surface area contributed by atoms with E-state index < -0.39 is 0 Å². The molecule has 0 aromatic carbocycles. The van der Waals surface area contributed by atoms with Gasteiger partial charge in [0.2, 0.25) is 0 Å². The van der Waals surface area contributed by atoms with Gasteiger partial charge in [-0.25, -0.2) is 4.79 Å². The third-order valence-corrected chi connectivity index (χ3v) is 3.15. The number of carbonyl (C=O) groups is 1. The fourth-order valence-corrected chi connectivity index (χ4v) is 2.21. The second-order valence-electron chi connectivity index (χ2n) is 4.84. The van der Waals surface area contributed by atoms with Gasteiger partial charge >= 0.3 is 5.97 Å². The van der Waals surface area contributed by atoms with Gasteiger partial charge in [-0.1, -0.05) is 18.4 Å². The predicted molar refractivity (Wildman–Crippen MR) is 62.9 cm³/mol. The first kappa shape index (κ1) is 13.2. The number of aliphatic hydroxyl groups excluding tert-OH is 1. The topological polar surface area (TPSA) is 46.5 Å². The first-order valence-electron chi connectivity index (χ1n) is 6.06. The number of ether oxygens (including phenoxy) is 1. The molecule has 0 saturated heterocycles. The van der Waals surface area contributed by atoms with E-state index in [0.717, 1.165) is 18.4 Å². The third-order valence-electron chi connectivity index (χ3n) is 3.15. The molecule has 1 fully saturated rings. The van der Waals surface area contributed by atoms with Crippen LogP contribution < -0.4 is 0 Å². The van der Waals surface area contributed by atoms with Crippen molar-refractivity contribution in [1.29, 1.82) is 0 Å². The van der Waals surface area contributed by atoms with Crippen LogP contribution in [0.4, 0.5) is 0 Å². The maximum absolute atomic E-state index is 11.3. The average molecular weight is 226 g/mol. The van der Waals surface area contributed by atoms with Gasteiger partial charge in [0.15, 0.2) is 0 Å². The van der Waals surface area contributed by atoms with Gasteiger partial charge in [0.25, 0.3) is 0 Å². The Morgan fingerprint density at radius 2 is 1.94 bits per heavy atom. The Hall–Kier alpha value is -0.830. The average Bonchev–Trinajstić information content (AvgIpc) is 2.26. The van der Waals surface area contributed by atoms with Crippen LogP contribution in [0.5, 0.6) is 0 Å². The lowest BCUT2D eigenvalue weighted by Gasteiger charge is -2.29. The maximum Gasteiger partial charge on any atom is 0.330 e. The highest BCUT2D eigenvalue weighted by Crippen LogP contribution is 2.29. The molecule has 0 aliphatic heterocycles. The second kappa shape index (κ2) is 6.69. The van der Waals surface area contributed by atoms with Crippen molar-refractivity contribution in [3.05, 3.63) is 11.6 Å². The molecule has 3 nitrogen and oxygen atoms in total. The number of aliphatic hydroxyl groups is 1. The van der Waals surface area contributed by atoms with E-state index in [2.05, 4.69) is 0 Å². The molecule has 0 radical (unpaired) electrons. The highest BCUT2D eigenvalue weighted by molar-refractivity contribution is 5.82. The smallest absolute Gasteiger partial charge is 0.330 e. The maximum atomic E-state index is 11.3. The number of allylic oxidation sites excluding steroid dienone is 1. The van der Waals surface area contributed by atoms with Crippen molar-refractivity contribution in [2.45, 2.75) is 39.5 Å². The van der Waals surface area contributed by atoms with Crippen LogP contribution in [-0.2, 0) is 9.53 Å². The summed E-state index contributed by atoms with van der Waals surface area (Å²) >= 11 is 0. The van der Waals surface area contributed by atoms with E-state index in [1.807, 2.05) is 13.8 Å². The standard InChI is InChI=1S/C13H22O3/c1-10(2)7-13(15)16-9-12-6-4-3-5-11(12)8-14/h7,11-12,14H,3-6,8-9H2,1-2H3. The highest BCUT2D eigenvalue weighted by Gasteiger charge is 2.25. The fourth-order valence-electron chi connectivity index (χ4n) is 2.21. The fraction of sp³-hybridized carbons (Fsp3) is 0.769. The minimum Gasteiger partial charge on any atom is -0.462 e. The summed E-state index contributed by atoms with van der Waals surface area (Å²) in [6.07, 6.45) is 6.00. The summed E-state index contributed by atoms with van der Waals surface area (Å²) in [7, 11) is 0. The molecule has 3 heteroatoms. The quantitative estimate of drug-likeness (QED) is 0.591. The number of esters is 1. The van der Waals surface area contributed by atoms with E-state index >= 15 is 0 Å². The number of carbonyl (C=O) groups excluding carboxylic acids is 1. The zero-order valence-corrected chi connectivity index (χ0v) is 10.2. The first-order chi connectivity index (χ1) is 7.63. The second-order valence-corrected chi connectivity index (χ2v) is 4.84. The number of hydrogen-bond donors (Lipinski definition) is 1. The van der Waals surface area contributed by atoms with Crippen LogP contribution in [0.15, 0.2) is 11.6 Å². The van der Waals surface area contributed by atoms with E-state index in [-0.39, 0.29) is 12.6 Å². The van der Waals surface area contributed by atoms with Crippen molar-refractivity contribution >= 4 is 5.97 Å². The van der Waals surface area contributed by atoms with Crippen molar-refractivity contribution in [3.8, 4) is 0 Å². The first-order valence-corrected chi connectivity index (χ1v) is 6.06. The van der Waals surface area contributed by atoms with Gasteiger partial charge in [0.1, 0.15) is 0 Å². The lowest BCUT2D eigenvalue weighted by Crippen LogP contribution is -2.27. The van der Waals surface area contributed by atoms with Crippen LogP contribution in [0.25, 0.3) is 0 Å². The van der Waals surface area contributed by atoms with Crippen LogP contribution in [-0.4, -0.2) is 24.3 Å². The molecule has 2 unspecified atom stereocenters. The normalized spacial score (nSPS) is 24.9. The van der Waals surface area contributed by atoms with Crippen LogP contribution in [0.1, 0.15) is 39.5 Å². The van der Waals surface area contributed by atoms with Crippen LogP contribution in [0, 0.1) is 11.8 Å². The molecule has 1 saturated carbocycles. The summed E-state index contributed by atoms with van der Waals surface area (Å²) in [5, 5.41) is 9.22. The van der Waals surface area contributed by atoms with Crippen molar-refractivity contribution in [2.24, 2.45) is 11.8 Å². The molecule has 1 rings (SSSR count). The molecule has 1 N–H and O–H groups in total. The molecule has 0 heterocycles. The minimum absolute atomic E-state index is 0.213. The van der Waals surface area contributed by atoms with Gasteiger partial charge in [0, 0.05) is 12.7 Å². The summed E-state index contributed by atoms with van der Waals surface area (Å²) in [5.74, 6) is 0.392. The summed E-state index contributed by atoms with van der Waals surface area (Å²) in [4.78, 5) is 11.3. The number of hydrogen-bond acceptors (Lipinski definition) is 3. The summed E-state index contributed by atoms with van der Waals surface area (Å²) in [6, 6.07) is 0. The van der Waals surface area contributed by atoms with Gasteiger partial charge in [-0.15, -0.1) is 0 Å². The van der Waals surface area contributed by atoms with E-state index in [1.165, 1.54) is 18.9 Å². The van der Waals surface area contributed by atoms with E-state index in [1.54, 1.807) is 0 Å². The Bertz CT molecular complexity index is 254. The molecule has 0 amide bonds. The molecule has 1 aliphatic rings. The van der Waals surface area contributed by atoms with E-state index in [0.29, 0.717) is 18.4 Å². The number of rotatable bonds is 4. The van der Waals surface area contributed by atoms with Crippen molar-refractivity contribution in [1.82, 2.24) is 0 Å². The lowest BCUT2D eigenvalue weighted by molar-refractivity contribution is -0.140. The minimum atomic E-state index is -0.262. The summed E-state index contributed by atoms with van der Waals surface area (Å²) in [5.41, 5.74) is 0.951. The van der Waals surface area contributed by atoms with Crippen molar-refractivity contribution in [3.63, 3.8) is 0 Å². The molecule has 0 aromatic rings. The zero-order chi connectivity index (χ0) is 12.0. The monoisotopic (exact) mass is 226 g/mol. The molecular weight excluding hydrogens is 204 g/mol. The molecule has 0 spiro atoms. The Balaban J connectivity index is 2.35. The molecule has 0 bridgehead atoms. The zero-order valence-electron chi connectivity index (χ0n) is 10.2. The van der Waals surface area contributed by atoms with Gasteiger partial charge in [-0.3, -0.25) is 0 Å². The largest absolute Gasteiger partial charge is 0.462 e. The SMILES string of the molecule is CC(C)=CC(=O)OCC1CCCCC1CO. The van der Waals surface area contributed by atoms with Gasteiger partial charge < -0.3 is 9.84 Å². The molecular formula is C13H22O3. The van der Waals surface area contributed by atoms with Gasteiger partial charge in [0.05, 0.1) is 6.61 Å². The third kappa shape index (κ3) is 4.35.